The van der Waals surface area contributed by atoms with E-state index in [1.54, 1.807) is 4.90 Å². The van der Waals surface area contributed by atoms with Crippen molar-refractivity contribution in [1.29, 1.82) is 0 Å². The predicted octanol–water partition coefficient (Wildman–Crippen LogP) is 3.02. The zero-order valence-corrected chi connectivity index (χ0v) is 12.7. The molecule has 112 valence electrons. The van der Waals surface area contributed by atoms with Gasteiger partial charge in [-0.15, -0.1) is 0 Å². The molecule has 0 unspecified atom stereocenters. The van der Waals surface area contributed by atoms with E-state index in [1.807, 2.05) is 26.8 Å². The summed E-state index contributed by atoms with van der Waals surface area (Å²) < 4.78 is 5.37. The zero-order chi connectivity index (χ0) is 14.8. The minimum atomic E-state index is -0.782. The molecule has 4 nitrogen and oxygen atoms in total. The molecule has 0 saturated carbocycles. The fraction of sp³-hybridized carbons (Fsp3) is 0.688. The number of allylic oxidation sites excluding steroid dienone is 2. The largest absolute Gasteiger partial charge is 0.444 e. The Kier molecular flexibility index (Phi) is 4.23. The molecule has 0 aromatic heterocycles. The van der Waals surface area contributed by atoms with Crippen molar-refractivity contribution in [2.45, 2.75) is 57.7 Å². The van der Waals surface area contributed by atoms with E-state index in [1.165, 1.54) is 0 Å². The van der Waals surface area contributed by atoms with Gasteiger partial charge in [-0.1, -0.05) is 18.2 Å². The van der Waals surface area contributed by atoms with Gasteiger partial charge in [0.15, 0.2) is 0 Å². The lowest BCUT2D eigenvalue weighted by Gasteiger charge is -2.39. The number of rotatable bonds is 1. The Morgan fingerprint density at radius 2 is 1.95 bits per heavy atom. The molecule has 1 heterocycles. The van der Waals surface area contributed by atoms with Gasteiger partial charge in [0.2, 0.25) is 0 Å². The van der Waals surface area contributed by atoms with Crippen LogP contribution in [0.4, 0.5) is 4.79 Å². The zero-order valence-electron chi connectivity index (χ0n) is 12.7. The Bertz CT molecular complexity index is 423. The van der Waals surface area contributed by atoms with Crippen LogP contribution in [0, 0.1) is 0 Å². The Morgan fingerprint density at radius 1 is 1.30 bits per heavy atom. The van der Waals surface area contributed by atoms with Gasteiger partial charge in [-0.25, -0.2) is 4.79 Å². The van der Waals surface area contributed by atoms with Gasteiger partial charge < -0.3 is 14.7 Å². The maximum atomic E-state index is 12.0. The summed E-state index contributed by atoms with van der Waals surface area (Å²) >= 11 is 0. The summed E-state index contributed by atoms with van der Waals surface area (Å²) in [5.74, 6) is 0. The first-order chi connectivity index (χ1) is 9.30. The van der Waals surface area contributed by atoms with Crippen molar-refractivity contribution in [3.8, 4) is 0 Å². The average Bonchev–Trinajstić information content (AvgIpc) is 2.38. The molecule has 1 fully saturated rings. The van der Waals surface area contributed by atoms with Crippen molar-refractivity contribution in [2.75, 3.05) is 13.1 Å². The summed E-state index contributed by atoms with van der Waals surface area (Å²) in [7, 11) is 0. The van der Waals surface area contributed by atoms with Crippen molar-refractivity contribution in [1.82, 2.24) is 4.90 Å². The highest BCUT2D eigenvalue weighted by atomic mass is 16.6. The standard InChI is InChI=1S/C16H25NO3/c1-15(2,3)20-14(18)17-11-9-16(19,10-12-17)13-7-5-4-6-8-13/h5,7-8,19H,4,6,9-12H2,1-3H3. The van der Waals surface area contributed by atoms with E-state index in [0.717, 1.165) is 18.4 Å². The maximum Gasteiger partial charge on any atom is 0.410 e. The second-order valence-electron chi connectivity index (χ2n) is 6.64. The number of hydrogen-bond donors (Lipinski definition) is 1. The van der Waals surface area contributed by atoms with Crippen molar-refractivity contribution >= 4 is 6.09 Å². The first-order valence-corrected chi connectivity index (χ1v) is 7.38. The minimum Gasteiger partial charge on any atom is -0.444 e. The van der Waals surface area contributed by atoms with Gasteiger partial charge >= 0.3 is 6.09 Å². The summed E-state index contributed by atoms with van der Waals surface area (Å²) in [5, 5.41) is 10.7. The molecule has 0 spiro atoms. The Labute approximate surface area is 121 Å². The highest BCUT2D eigenvalue weighted by molar-refractivity contribution is 5.68. The Hall–Kier alpha value is -1.29. The number of piperidine rings is 1. The second kappa shape index (κ2) is 5.60. The molecule has 0 aromatic carbocycles. The van der Waals surface area contributed by atoms with Crippen molar-refractivity contribution < 1.29 is 14.6 Å². The van der Waals surface area contributed by atoms with Crippen molar-refractivity contribution in [3.63, 3.8) is 0 Å². The molecule has 0 atom stereocenters. The molecule has 2 aliphatic rings. The van der Waals surface area contributed by atoms with Crippen LogP contribution in [0.1, 0.15) is 46.5 Å². The molecule has 1 amide bonds. The summed E-state index contributed by atoms with van der Waals surface area (Å²) in [6.07, 6.45) is 9.13. The highest BCUT2D eigenvalue weighted by Gasteiger charge is 2.37. The molecular formula is C16H25NO3. The third-order valence-corrected chi connectivity index (χ3v) is 3.77. The second-order valence-corrected chi connectivity index (χ2v) is 6.64. The monoisotopic (exact) mass is 279 g/mol. The normalized spacial score (nSPS) is 22.4. The van der Waals surface area contributed by atoms with Crippen LogP contribution in [-0.2, 0) is 4.74 Å². The molecule has 0 radical (unpaired) electrons. The first-order valence-electron chi connectivity index (χ1n) is 7.38. The Balaban J connectivity index is 1.93. The van der Waals surface area contributed by atoms with Crippen LogP contribution in [-0.4, -0.2) is 40.4 Å². The van der Waals surface area contributed by atoms with E-state index < -0.39 is 11.2 Å². The van der Waals surface area contributed by atoms with Crippen LogP contribution in [0.2, 0.25) is 0 Å². The maximum absolute atomic E-state index is 12.0. The molecule has 1 saturated heterocycles. The van der Waals surface area contributed by atoms with Crippen LogP contribution in [0.25, 0.3) is 0 Å². The summed E-state index contributed by atoms with van der Waals surface area (Å²) in [6.45, 7) is 6.67. The lowest BCUT2D eigenvalue weighted by molar-refractivity contribution is -0.0120. The third-order valence-electron chi connectivity index (χ3n) is 3.77. The Morgan fingerprint density at radius 3 is 2.45 bits per heavy atom. The van der Waals surface area contributed by atoms with E-state index in [4.69, 9.17) is 4.74 Å². The number of carbonyl (C=O) groups is 1. The van der Waals surface area contributed by atoms with E-state index in [0.29, 0.717) is 25.9 Å². The molecule has 4 heteroatoms. The van der Waals surface area contributed by atoms with Crippen molar-refractivity contribution in [3.05, 3.63) is 23.8 Å². The number of aliphatic hydroxyl groups is 1. The number of likely N-dealkylation sites (tertiary alicyclic amines) is 1. The number of amides is 1. The fourth-order valence-electron chi connectivity index (χ4n) is 2.63. The summed E-state index contributed by atoms with van der Waals surface area (Å²) in [4.78, 5) is 13.7. The SMILES string of the molecule is CC(C)(C)OC(=O)N1CCC(O)(C2=CCCC=C2)CC1. The van der Waals surface area contributed by atoms with Gasteiger partial charge in [-0.3, -0.25) is 0 Å². The van der Waals surface area contributed by atoms with Gasteiger partial charge in [0.1, 0.15) is 5.60 Å². The van der Waals surface area contributed by atoms with E-state index in [-0.39, 0.29) is 6.09 Å². The topological polar surface area (TPSA) is 49.8 Å². The van der Waals surface area contributed by atoms with Gasteiger partial charge in [-0.2, -0.15) is 0 Å². The lowest BCUT2D eigenvalue weighted by Crippen LogP contribution is -2.48. The number of hydrogen-bond acceptors (Lipinski definition) is 3. The molecule has 20 heavy (non-hydrogen) atoms. The molecule has 1 aliphatic heterocycles. The molecule has 1 N–H and O–H groups in total. The smallest absolute Gasteiger partial charge is 0.410 e. The van der Waals surface area contributed by atoms with E-state index in [9.17, 15) is 9.90 Å². The van der Waals surface area contributed by atoms with E-state index >= 15 is 0 Å². The molecular weight excluding hydrogens is 254 g/mol. The van der Waals surface area contributed by atoms with Gasteiger partial charge in [-0.05, 0) is 52.0 Å². The molecule has 2 rings (SSSR count). The van der Waals surface area contributed by atoms with Gasteiger partial charge in [0.25, 0.3) is 0 Å². The molecule has 0 bridgehead atoms. The first kappa shape index (κ1) is 15.1. The fourth-order valence-corrected chi connectivity index (χ4v) is 2.63. The average molecular weight is 279 g/mol. The highest BCUT2D eigenvalue weighted by Crippen LogP contribution is 2.32. The quantitative estimate of drug-likeness (QED) is 0.802. The van der Waals surface area contributed by atoms with Crippen LogP contribution in [0.15, 0.2) is 23.8 Å². The molecule has 1 aliphatic carbocycles. The predicted molar refractivity (Wildman–Crippen MR) is 78.4 cm³/mol. The number of ether oxygens (including phenoxy) is 1. The third kappa shape index (κ3) is 3.63. The van der Waals surface area contributed by atoms with Crippen LogP contribution in [0.5, 0.6) is 0 Å². The number of nitrogens with zero attached hydrogens (tertiary/aromatic N) is 1. The van der Waals surface area contributed by atoms with Crippen molar-refractivity contribution in [2.24, 2.45) is 0 Å². The summed E-state index contributed by atoms with van der Waals surface area (Å²) in [5.41, 5.74) is -0.248. The van der Waals surface area contributed by atoms with Crippen LogP contribution in [0.3, 0.4) is 0 Å². The van der Waals surface area contributed by atoms with Gasteiger partial charge in [0, 0.05) is 13.1 Å². The lowest BCUT2D eigenvalue weighted by atomic mass is 9.82. The summed E-state index contributed by atoms with van der Waals surface area (Å²) in [6, 6.07) is 0. The van der Waals surface area contributed by atoms with Crippen LogP contribution < -0.4 is 0 Å². The minimum absolute atomic E-state index is 0.285. The molecule has 0 aromatic rings. The van der Waals surface area contributed by atoms with E-state index in [2.05, 4.69) is 12.2 Å². The van der Waals surface area contributed by atoms with Gasteiger partial charge in [0.05, 0.1) is 5.60 Å². The van der Waals surface area contributed by atoms with Crippen LogP contribution >= 0.6 is 0 Å². The number of carbonyl (C=O) groups excluding carboxylic acids is 1.